The fourth-order valence-corrected chi connectivity index (χ4v) is 7.04. The molecule has 0 N–H and O–H groups in total. The van der Waals surface area contributed by atoms with E-state index in [1.54, 1.807) is 12.3 Å². The Balaban J connectivity index is 0.000000178. The van der Waals surface area contributed by atoms with Crippen LogP contribution in [-0.4, -0.2) is 16.6 Å². The van der Waals surface area contributed by atoms with E-state index in [1.807, 2.05) is 83.6 Å². The summed E-state index contributed by atoms with van der Waals surface area (Å²) in [5.41, 5.74) is 14.4. The molecule has 0 spiro atoms. The number of imidazole rings is 1. The molecule has 0 atom stereocenters. The zero-order chi connectivity index (χ0) is 38.6. The summed E-state index contributed by atoms with van der Waals surface area (Å²) in [6.45, 7) is 14.0. The molecule has 0 unspecified atom stereocenters. The van der Waals surface area contributed by atoms with Crippen molar-refractivity contribution in [2.75, 3.05) is 16.8 Å². The number of rotatable bonds is 6. The van der Waals surface area contributed by atoms with Crippen molar-refractivity contribution < 1.29 is 24.5 Å². The van der Waals surface area contributed by atoms with Gasteiger partial charge in [-0.25, -0.2) is 4.85 Å². The minimum atomic E-state index is -0.344. The van der Waals surface area contributed by atoms with E-state index in [-0.39, 0.29) is 25.9 Å². The zero-order valence-corrected chi connectivity index (χ0v) is 34.0. The van der Waals surface area contributed by atoms with E-state index >= 15 is 0 Å². The van der Waals surface area contributed by atoms with Crippen LogP contribution in [0.5, 0.6) is 0 Å². The van der Waals surface area contributed by atoms with Crippen LogP contribution in [-0.2, 0) is 20.1 Å². The molecular formula is C50H37FIrN5. The molecule has 9 rings (SSSR count). The van der Waals surface area contributed by atoms with Crippen LogP contribution < -0.4 is 9.80 Å². The van der Waals surface area contributed by atoms with Crippen molar-refractivity contribution in [2.45, 2.75) is 13.8 Å². The summed E-state index contributed by atoms with van der Waals surface area (Å²) in [6, 6.07) is 56.0. The molecule has 8 aromatic rings. The van der Waals surface area contributed by atoms with Gasteiger partial charge in [-0.3, -0.25) is 9.37 Å². The molecule has 0 aliphatic carbocycles. The van der Waals surface area contributed by atoms with Crippen molar-refractivity contribution in [1.82, 2.24) is 9.55 Å². The number of benzene rings is 7. The molecule has 2 heterocycles. The average Bonchev–Trinajstić information content (AvgIpc) is 3.87. The maximum Gasteiger partial charge on any atom is 3.00 e. The van der Waals surface area contributed by atoms with Gasteiger partial charge in [-0.15, -0.1) is 47.1 Å². The van der Waals surface area contributed by atoms with Gasteiger partial charge in [0.2, 0.25) is 0 Å². The molecule has 278 valence electrons. The molecule has 1 aromatic heterocycles. The van der Waals surface area contributed by atoms with Crippen LogP contribution >= 0.6 is 0 Å². The van der Waals surface area contributed by atoms with E-state index in [2.05, 4.69) is 120 Å². The number of nitrogens with zero attached hydrogens (tertiary/aromatic N) is 5. The number of aromatic nitrogens is 2. The molecule has 0 saturated carbocycles. The van der Waals surface area contributed by atoms with Gasteiger partial charge in [0.05, 0.1) is 18.1 Å². The van der Waals surface area contributed by atoms with E-state index in [0.29, 0.717) is 17.1 Å². The fourth-order valence-electron chi connectivity index (χ4n) is 7.04. The molecule has 0 amide bonds. The Labute approximate surface area is 347 Å². The normalized spacial score (nSPS) is 11.6. The molecule has 0 saturated heterocycles. The molecule has 5 nitrogen and oxygen atoms in total. The van der Waals surface area contributed by atoms with Crippen LogP contribution in [0.25, 0.3) is 55.3 Å². The fraction of sp³-hybridized carbons (Fsp3) is 0.0600. The maximum atomic E-state index is 13.5. The Hall–Kier alpha value is -6.58. The predicted molar refractivity (Wildman–Crippen MR) is 226 cm³/mol. The van der Waals surface area contributed by atoms with Gasteiger partial charge in [0.15, 0.2) is 5.69 Å². The van der Waals surface area contributed by atoms with Crippen LogP contribution in [0.4, 0.5) is 27.1 Å². The van der Waals surface area contributed by atoms with Gasteiger partial charge in [0.1, 0.15) is 0 Å². The summed E-state index contributed by atoms with van der Waals surface area (Å²) in [5.74, 6) is 0.304. The summed E-state index contributed by atoms with van der Waals surface area (Å²) in [6.07, 6.45) is 3.61. The molecule has 0 radical (unpaired) electrons. The first-order valence-corrected chi connectivity index (χ1v) is 18.3. The first-order valence-electron chi connectivity index (χ1n) is 18.3. The van der Waals surface area contributed by atoms with Gasteiger partial charge in [-0.1, -0.05) is 110 Å². The van der Waals surface area contributed by atoms with Crippen LogP contribution in [0.2, 0.25) is 0 Å². The molecule has 7 aromatic carbocycles. The van der Waals surface area contributed by atoms with E-state index in [0.717, 1.165) is 33.6 Å². The number of aryl methyl sites for hydroxylation is 2. The first kappa shape index (κ1) is 38.7. The molecule has 0 fully saturated rings. The van der Waals surface area contributed by atoms with Crippen LogP contribution in [0.1, 0.15) is 11.1 Å². The van der Waals surface area contributed by atoms with Gasteiger partial charge in [-0.2, -0.15) is 24.4 Å². The topological polar surface area (TPSA) is 28.7 Å². The van der Waals surface area contributed by atoms with E-state index in [9.17, 15) is 4.39 Å². The third-order valence-electron chi connectivity index (χ3n) is 9.87. The first-order chi connectivity index (χ1) is 27.4. The van der Waals surface area contributed by atoms with E-state index < -0.39 is 0 Å². The molecule has 1 aliphatic heterocycles. The van der Waals surface area contributed by atoms with Crippen molar-refractivity contribution in [2.24, 2.45) is 0 Å². The smallest absolute Gasteiger partial charge is 0.504 e. The Morgan fingerprint density at radius 3 is 1.91 bits per heavy atom. The third kappa shape index (κ3) is 8.06. The molecule has 7 heteroatoms. The number of para-hydroxylation sites is 2. The van der Waals surface area contributed by atoms with Gasteiger partial charge < -0.3 is 14.4 Å². The SMILES string of the molecule is Cc1ccc(-c2cc(N3[CH-]N(C)c4ccccc43)[c-]cc2C)cc1.[C-]#[N+]c1cc(-c2ccccc2)c(-n2ccnc2-c2[c-]cc(F)cc2)c(-c2ccccc2)c1.[Ir+3]. The zero-order valence-electron chi connectivity index (χ0n) is 31.6. The third-order valence-corrected chi connectivity index (χ3v) is 9.87. The van der Waals surface area contributed by atoms with E-state index in [4.69, 9.17) is 6.57 Å². The number of fused-ring (bicyclic) bond motifs is 1. The van der Waals surface area contributed by atoms with Gasteiger partial charge in [0.25, 0.3) is 0 Å². The standard InChI is InChI=1S/C28H17FN3.C22H20N2.Ir/c1-30-24-18-25(20-8-4-2-5-9-20)27(26(19-24)21-10-6-3-7-11-21)32-17-16-31-28(32)22-12-14-23(29)15-13-22;1-16-8-11-18(12-9-16)20-14-19(13-10-17(20)2)24-15-23(3)21-6-4-5-7-22(21)24;/h2-12,14-19H;4-12,14-15H,1-3H3;/q-1;-2;+3. The molecule has 57 heavy (non-hydrogen) atoms. The molecule has 0 bridgehead atoms. The summed E-state index contributed by atoms with van der Waals surface area (Å²) in [4.78, 5) is 12.6. The van der Waals surface area contributed by atoms with Gasteiger partial charge in [0, 0.05) is 29.6 Å². The predicted octanol–water partition coefficient (Wildman–Crippen LogP) is 12.8. The second-order valence-electron chi connectivity index (χ2n) is 13.6. The van der Waals surface area contributed by atoms with Crippen LogP contribution in [0.3, 0.4) is 0 Å². The monoisotopic (exact) mass is 919 g/mol. The summed E-state index contributed by atoms with van der Waals surface area (Å²) in [5, 5.41) is 0. The minimum absolute atomic E-state index is 0. The number of hydrogen-bond acceptors (Lipinski definition) is 3. The van der Waals surface area contributed by atoms with Crippen LogP contribution in [0.15, 0.2) is 164 Å². The van der Waals surface area contributed by atoms with E-state index in [1.165, 1.54) is 45.8 Å². The van der Waals surface area contributed by atoms with Crippen LogP contribution in [0, 0.1) is 45.0 Å². The van der Waals surface area contributed by atoms with Crippen molar-refractivity contribution >= 4 is 22.7 Å². The Morgan fingerprint density at radius 1 is 0.684 bits per heavy atom. The molecular weight excluding hydrogens is 882 g/mol. The summed E-state index contributed by atoms with van der Waals surface area (Å²) in [7, 11) is 2.08. The number of anilines is 3. The second-order valence-corrected chi connectivity index (χ2v) is 13.6. The quantitative estimate of drug-likeness (QED) is 0.156. The number of hydrogen-bond donors (Lipinski definition) is 0. The Kier molecular flexibility index (Phi) is 11.6. The Bertz CT molecular complexity index is 2610. The number of halogens is 1. The largest absolute Gasteiger partial charge is 3.00 e. The summed E-state index contributed by atoms with van der Waals surface area (Å²) >= 11 is 0. The van der Waals surface area contributed by atoms with Crippen molar-refractivity contribution in [3.8, 4) is 50.5 Å². The van der Waals surface area contributed by atoms with Crippen molar-refractivity contribution in [1.29, 1.82) is 0 Å². The Morgan fingerprint density at radius 2 is 1.30 bits per heavy atom. The second kappa shape index (κ2) is 17.1. The average molecular weight is 919 g/mol. The molecule has 1 aliphatic rings. The summed E-state index contributed by atoms with van der Waals surface area (Å²) < 4.78 is 15.5. The van der Waals surface area contributed by atoms with Gasteiger partial charge in [-0.05, 0) is 66.1 Å². The van der Waals surface area contributed by atoms with Crippen molar-refractivity contribution in [3.05, 3.63) is 211 Å². The maximum absolute atomic E-state index is 13.5. The van der Waals surface area contributed by atoms with Gasteiger partial charge >= 0.3 is 20.1 Å². The minimum Gasteiger partial charge on any atom is -0.504 e. The van der Waals surface area contributed by atoms with Crippen molar-refractivity contribution in [3.63, 3.8) is 0 Å².